The molecule has 0 radical (unpaired) electrons. The number of nitrogens with zero attached hydrogens (tertiary/aromatic N) is 1. The number of para-hydroxylation sites is 1. The smallest absolute Gasteiger partial charge is 0.340 e. The molecule has 1 saturated heterocycles. The molecule has 1 saturated carbocycles. The van der Waals surface area contributed by atoms with Crippen LogP contribution < -0.4 is 4.90 Å². The van der Waals surface area contributed by atoms with Crippen LogP contribution in [-0.2, 0) is 14.3 Å². The molecule has 140 valence electrons. The lowest BCUT2D eigenvalue weighted by Gasteiger charge is -2.21. The van der Waals surface area contributed by atoms with Gasteiger partial charge in [0.2, 0.25) is 11.8 Å². The number of rotatable bonds is 3. The van der Waals surface area contributed by atoms with E-state index < -0.39 is 5.97 Å². The van der Waals surface area contributed by atoms with Gasteiger partial charge in [0, 0.05) is 11.8 Å². The van der Waals surface area contributed by atoms with E-state index in [0.717, 1.165) is 0 Å². The number of benzene rings is 1. The van der Waals surface area contributed by atoms with Crippen molar-refractivity contribution in [2.75, 3.05) is 4.90 Å². The summed E-state index contributed by atoms with van der Waals surface area (Å²) in [5.41, 5.74) is 2.96. The molecule has 0 spiro atoms. The maximum absolute atomic E-state index is 13.2. The lowest BCUT2D eigenvalue weighted by atomic mass is 9.85. The summed E-state index contributed by atoms with van der Waals surface area (Å²) in [6, 6.07) is 6.68. The second-order valence-electron chi connectivity index (χ2n) is 7.93. The van der Waals surface area contributed by atoms with Crippen LogP contribution in [0.1, 0.15) is 38.1 Å². The summed E-state index contributed by atoms with van der Waals surface area (Å²) >= 11 is 0. The van der Waals surface area contributed by atoms with Crippen molar-refractivity contribution in [3.05, 3.63) is 53.1 Å². The van der Waals surface area contributed by atoms with Gasteiger partial charge < -0.3 is 4.74 Å². The van der Waals surface area contributed by atoms with Crippen molar-refractivity contribution in [3.63, 3.8) is 0 Å². The summed E-state index contributed by atoms with van der Waals surface area (Å²) in [5, 5.41) is 0. The number of esters is 1. The summed E-state index contributed by atoms with van der Waals surface area (Å²) in [5.74, 6) is -1.72. The number of carbonyl (C=O) groups excluding carboxylic acids is 3. The van der Waals surface area contributed by atoms with Gasteiger partial charge in [-0.1, -0.05) is 35.4 Å². The van der Waals surface area contributed by atoms with Crippen molar-refractivity contribution in [3.8, 4) is 0 Å². The zero-order valence-corrected chi connectivity index (χ0v) is 15.9. The number of ether oxygens (including phenoxy) is 1. The molecule has 2 fully saturated rings. The van der Waals surface area contributed by atoms with Gasteiger partial charge in [-0.3, -0.25) is 9.59 Å². The summed E-state index contributed by atoms with van der Waals surface area (Å²) in [7, 11) is 0. The van der Waals surface area contributed by atoms with Crippen LogP contribution in [0, 0.1) is 23.7 Å². The van der Waals surface area contributed by atoms with Crippen LogP contribution >= 0.6 is 0 Å². The van der Waals surface area contributed by atoms with Gasteiger partial charge in [-0.15, -0.1) is 0 Å². The number of hydrogen-bond donors (Lipinski definition) is 0. The number of amides is 2. The van der Waals surface area contributed by atoms with E-state index in [1.54, 1.807) is 38.1 Å². The van der Waals surface area contributed by atoms with Crippen LogP contribution in [0.2, 0.25) is 0 Å². The van der Waals surface area contributed by atoms with Gasteiger partial charge in [0.1, 0.15) is 0 Å². The SMILES string of the molecule is CC(C)=C1[C@H]2C=C[C@H]1[C@@H]1C(=O)N(c3ccccc3C(=O)OC(C)C)C(=O)[C@H]12. The number of anilines is 1. The van der Waals surface area contributed by atoms with E-state index >= 15 is 0 Å². The molecule has 4 rings (SSSR count). The van der Waals surface area contributed by atoms with Crippen LogP contribution in [0.4, 0.5) is 5.69 Å². The number of hydrogen-bond acceptors (Lipinski definition) is 4. The third-order valence-electron chi connectivity index (χ3n) is 5.70. The van der Waals surface area contributed by atoms with E-state index in [2.05, 4.69) is 12.2 Å². The molecule has 2 amide bonds. The molecular formula is C22H23NO4. The Morgan fingerprint density at radius 3 is 2.07 bits per heavy atom. The highest BCUT2D eigenvalue weighted by molar-refractivity contribution is 6.25. The predicted molar refractivity (Wildman–Crippen MR) is 101 cm³/mol. The van der Waals surface area contributed by atoms with Crippen molar-refractivity contribution in [2.45, 2.75) is 33.8 Å². The minimum atomic E-state index is -0.524. The maximum atomic E-state index is 13.2. The average molecular weight is 365 g/mol. The van der Waals surface area contributed by atoms with E-state index in [9.17, 15) is 14.4 Å². The highest BCUT2D eigenvalue weighted by Gasteiger charge is 2.62. The van der Waals surface area contributed by atoms with Crippen molar-refractivity contribution in [1.29, 1.82) is 0 Å². The zero-order valence-electron chi connectivity index (χ0n) is 15.9. The molecule has 2 bridgehead atoms. The monoisotopic (exact) mass is 365 g/mol. The summed E-state index contributed by atoms with van der Waals surface area (Å²) in [6.07, 6.45) is 3.83. The first-order valence-electron chi connectivity index (χ1n) is 9.36. The molecule has 0 unspecified atom stereocenters. The fourth-order valence-electron chi connectivity index (χ4n) is 4.79. The Hall–Kier alpha value is -2.69. The summed E-state index contributed by atoms with van der Waals surface area (Å²) in [4.78, 5) is 40.2. The highest BCUT2D eigenvalue weighted by Crippen LogP contribution is 2.57. The first kappa shape index (κ1) is 17.7. The lowest BCUT2D eigenvalue weighted by molar-refractivity contribution is -0.122. The minimum absolute atomic E-state index is 0.0128. The van der Waals surface area contributed by atoms with E-state index in [1.165, 1.54) is 16.0 Å². The fourth-order valence-corrected chi connectivity index (χ4v) is 4.79. The third kappa shape index (κ3) is 2.48. The van der Waals surface area contributed by atoms with Gasteiger partial charge in [-0.2, -0.15) is 0 Å². The van der Waals surface area contributed by atoms with Gasteiger partial charge in [0.05, 0.1) is 29.2 Å². The van der Waals surface area contributed by atoms with Crippen molar-refractivity contribution in [1.82, 2.24) is 0 Å². The molecule has 5 nitrogen and oxygen atoms in total. The second kappa shape index (κ2) is 6.19. The van der Waals surface area contributed by atoms with E-state index in [1.807, 2.05) is 13.8 Å². The highest BCUT2D eigenvalue weighted by atomic mass is 16.5. The lowest BCUT2D eigenvalue weighted by Crippen LogP contribution is -2.34. The Balaban J connectivity index is 1.74. The molecule has 1 aromatic carbocycles. The molecule has 4 atom stereocenters. The van der Waals surface area contributed by atoms with Crippen LogP contribution in [0.15, 0.2) is 47.6 Å². The van der Waals surface area contributed by atoms with Crippen molar-refractivity contribution < 1.29 is 19.1 Å². The number of imide groups is 1. The molecule has 27 heavy (non-hydrogen) atoms. The van der Waals surface area contributed by atoms with Crippen LogP contribution in [-0.4, -0.2) is 23.9 Å². The standard InChI is InChI=1S/C22H23NO4/c1-11(2)17-14-9-10-15(17)19-18(14)20(24)23(21(19)25)16-8-6-5-7-13(16)22(26)27-12(3)4/h5-10,12,14-15,18-19H,1-4H3/t14-,15-,18+,19+/m1/s1. The Labute approximate surface area is 158 Å². The first-order chi connectivity index (χ1) is 12.8. The van der Waals surface area contributed by atoms with Gasteiger partial charge in [0.15, 0.2) is 0 Å². The normalized spacial score (nSPS) is 28.3. The Bertz CT molecular complexity index is 873. The van der Waals surface area contributed by atoms with E-state index in [-0.39, 0.29) is 47.2 Å². The average Bonchev–Trinajstić information content (AvgIpc) is 3.24. The molecular weight excluding hydrogens is 342 g/mol. The Morgan fingerprint density at radius 2 is 1.56 bits per heavy atom. The molecule has 2 aliphatic carbocycles. The molecule has 1 aliphatic heterocycles. The maximum Gasteiger partial charge on any atom is 0.340 e. The molecule has 3 aliphatic rings. The third-order valence-corrected chi connectivity index (χ3v) is 5.70. The van der Waals surface area contributed by atoms with Gasteiger partial charge in [0.25, 0.3) is 0 Å². The van der Waals surface area contributed by atoms with Gasteiger partial charge in [-0.25, -0.2) is 9.69 Å². The van der Waals surface area contributed by atoms with Crippen molar-refractivity contribution in [2.24, 2.45) is 23.7 Å². The number of allylic oxidation sites excluding steroid dienone is 4. The molecule has 0 N–H and O–H groups in total. The van der Waals surface area contributed by atoms with Crippen LogP contribution in [0.25, 0.3) is 0 Å². The minimum Gasteiger partial charge on any atom is -0.459 e. The molecule has 1 aromatic rings. The van der Waals surface area contributed by atoms with E-state index in [0.29, 0.717) is 5.69 Å². The number of fused-ring (bicyclic) bond motifs is 5. The van der Waals surface area contributed by atoms with Crippen LogP contribution in [0.3, 0.4) is 0 Å². The second-order valence-corrected chi connectivity index (χ2v) is 7.93. The topological polar surface area (TPSA) is 63.7 Å². The van der Waals surface area contributed by atoms with Gasteiger partial charge >= 0.3 is 5.97 Å². The zero-order chi connectivity index (χ0) is 19.5. The predicted octanol–water partition coefficient (Wildman–Crippen LogP) is 3.51. The first-order valence-corrected chi connectivity index (χ1v) is 9.36. The molecule has 5 heteroatoms. The quantitative estimate of drug-likeness (QED) is 0.467. The fraction of sp³-hybridized carbons (Fsp3) is 0.409. The Morgan fingerprint density at radius 1 is 1.00 bits per heavy atom. The largest absolute Gasteiger partial charge is 0.459 e. The van der Waals surface area contributed by atoms with Crippen molar-refractivity contribution >= 4 is 23.5 Å². The number of carbonyl (C=O) groups is 3. The Kier molecular flexibility index (Phi) is 4.06. The van der Waals surface area contributed by atoms with Gasteiger partial charge in [-0.05, 0) is 39.8 Å². The van der Waals surface area contributed by atoms with E-state index in [4.69, 9.17) is 4.74 Å². The molecule has 1 heterocycles. The van der Waals surface area contributed by atoms with Crippen LogP contribution in [0.5, 0.6) is 0 Å². The summed E-state index contributed by atoms with van der Waals surface area (Å²) in [6.45, 7) is 7.60. The molecule has 0 aromatic heterocycles. The summed E-state index contributed by atoms with van der Waals surface area (Å²) < 4.78 is 5.30.